The van der Waals surface area contributed by atoms with Gasteiger partial charge >= 0.3 is 8.56 Å². The summed E-state index contributed by atoms with van der Waals surface area (Å²) in [5.41, 5.74) is 17.3. The molecule has 3 atom stereocenters. The van der Waals surface area contributed by atoms with Crippen molar-refractivity contribution in [3.05, 3.63) is 25.3 Å². The van der Waals surface area contributed by atoms with Crippen molar-refractivity contribution in [2.75, 3.05) is 21.3 Å². The molecule has 1 aliphatic rings. The Bertz CT molecular complexity index is 428. The molecule has 1 rings (SSSR count). The third kappa shape index (κ3) is 2.16. The summed E-state index contributed by atoms with van der Waals surface area (Å²) in [5, 5.41) is -0.999. The minimum atomic E-state index is -2.93. The molecule has 0 radical (unpaired) electrons. The molecule has 0 aromatic heterocycles. The lowest BCUT2D eigenvalue weighted by Gasteiger charge is -2.64. The van der Waals surface area contributed by atoms with Crippen molar-refractivity contribution in [2.24, 2.45) is 23.1 Å². The van der Waals surface area contributed by atoms with E-state index in [-0.39, 0.29) is 5.92 Å². The minimum absolute atomic E-state index is 0.216. The highest BCUT2D eigenvalue weighted by Gasteiger charge is 2.75. The van der Waals surface area contributed by atoms with Crippen molar-refractivity contribution in [2.45, 2.75) is 42.2 Å². The Labute approximate surface area is 134 Å². The molecule has 0 aromatic carbocycles. The highest BCUT2D eigenvalue weighted by atomic mass is 28.4. The molecular weight excluding hydrogens is 298 g/mol. The van der Waals surface area contributed by atoms with Crippen LogP contribution in [0.2, 0.25) is 6.04 Å². The highest BCUT2D eigenvalue weighted by Crippen LogP contribution is 2.51. The van der Waals surface area contributed by atoms with Crippen LogP contribution in [-0.2, 0) is 13.6 Å². The maximum absolute atomic E-state index is 6.62. The quantitative estimate of drug-likeness (QED) is 0.362. The molecule has 0 aliphatic carbocycles. The van der Waals surface area contributed by atoms with E-state index in [9.17, 15) is 0 Å². The van der Waals surface area contributed by atoms with E-state index in [0.29, 0.717) is 12.5 Å². The molecular formula is C15H31N3O3Si. The molecule has 0 saturated carbocycles. The fourth-order valence-corrected chi connectivity index (χ4v) is 8.31. The van der Waals surface area contributed by atoms with Crippen LogP contribution in [0.1, 0.15) is 19.8 Å². The van der Waals surface area contributed by atoms with Gasteiger partial charge in [-0.05, 0) is 6.42 Å². The van der Waals surface area contributed by atoms with E-state index >= 15 is 0 Å². The first kappa shape index (κ1) is 19.5. The van der Waals surface area contributed by atoms with Crippen LogP contribution in [0.4, 0.5) is 0 Å². The van der Waals surface area contributed by atoms with E-state index in [2.05, 4.69) is 13.2 Å². The number of ether oxygens (including phenoxy) is 1. The van der Waals surface area contributed by atoms with Crippen LogP contribution in [0.5, 0.6) is 0 Å². The number of hydrogen-bond donors (Lipinski definition) is 3. The van der Waals surface area contributed by atoms with E-state index in [1.165, 1.54) is 0 Å². The average molecular weight is 330 g/mol. The predicted molar refractivity (Wildman–Crippen MR) is 91.1 cm³/mol. The Morgan fingerprint density at radius 2 is 1.73 bits per heavy atom. The lowest BCUT2D eigenvalue weighted by molar-refractivity contribution is -0.0915. The van der Waals surface area contributed by atoms with Gasteiger partial charge in [0.15, 0.2) is 0 Å². The zero-order chi connectivity index (χ0) is 17.2. The standard InChI is InChI=1S/C15H31N3O3Si/c1-7-10-14(19-4)15(17,18)13(16,9-3)12(8-2)11-22(14,20-5)21-6/h8-9,12H,2-3,7,10-11,16-18H2,1,4-6H3. The van der Waals surface area contributed by atoms with Crippen LogP contribution in [0, 0.1) is 5.92 Å². The second kappa shape index (κ2) is 6.52. The zero-order valence-electron chi connectivity index (χ0n) is 14.2. The summed E-state index contributed by atoms with van der Waals surface area (Å²) < 4.78 is 17.7. The molecule has 6 nitrogen and oxygen atoms in total. The summed E-state index contributed by atoms with van der Waals surface area (Å²) in [6.07, 6.45) is 4.74. The number of nitrogens with two attached hydrogens (primary N) is 3. The van der Waals surface area contributed by atoms with Gasteiger partial charge in [-0.25, -0.2) is 0 Å². The predicted octanol–water partition coefficient (Wildman–Crippen LogP) is 0.759. The average Bonchev–Trinajstić information content (AvgIpc) is 2.52. The molecule has 7 heteroatoms. The summed E-state index contributed by atoms with van der Waals surface area (Å²) >= 11 is 0. The fraction of sp³-hybridized carbons (Fsp3) is 0.733. The van der Waals surface area contributed by atoms with Crippen LogP contribution in [0.3, 0.4) is 0 Å². The fourth-order valence-electron chi connectivity index (χ4n) is 3.95. The van der Waals surface area contributed by atoms with Crippen LogP contribution in [-0.4, -0.2) is 46.3 Å². The first-order valence-corrected chi connectivity index (χ1v) is 9.53. The molecule has 0 amide bonds. The van der Waals surface area contributed by atoms with Gasteiger partial charge in [-0.3, -0.25) is 0 Å². The van der Waals surface area contributed by atoms with Crippen molar-refractivity contribution in [3.8, 4) is 0 Å². The van der Waals surface area contributed by atoms with Crippen molar-refractivity contribution in [3.63, 3.8) is 0 Å². The number of rotatable bonds is 7. The lowest BCUT2D eigenvalue weighted by Crippen LogP contribution is -2.92. The van der Waals surface area contributed by atoms with Crippen molar-refractivity contribution < 1.29 is 13.6 Å². The third-order valence-electron chi connectivity index (χ3n) is 5.33. The summed E-state index contributed by atoms with van der Waals surface area (Å²) in [4.78, 5) is 0. The Morgan fingerprint density at radius 3 is 2.05 bits per heavy atom. The highest BCUT2D eigenvalue weighted by molar-refractivity contribution is 6.71. The molecule has 1 saturated heterocycles. The minimum Gasteiger partial charge on any atom is -0.396 e. The summed E-state index contributed by atoms with van der Waals surface area (Å²) in [6, 6.07) is 0.552. The molecule has 128 valence electrons. The molecule has 1 fully saturated rings. The van der Waals surface area contributed by atoms with Gasteiger partial charge in [0.1, 0.15) is 10.9 Å². The molecule has 0 bridgehead atoms. The van der Waals surface area contributed by atoms with E-state index in [0.717, 1.165) is 6.42 Å². The maximum Gasteiger partial charge on any atom is 0.374 e. The van der Waals surface area contributed by atoms with Gasteiger partial charge in [-0.2, -0.15) is 0 Å². The third-order valence-corrected chi connectivity index (χ3v) is 9.73. The second-order valence-electron chi connectivity index (χ2n) is 5.99. The first-order chi connectivity index (χ1) is 10.2. The zero-order valence-corrected chi connectivity index (χ0v) is 15.2. The van der Waals surface area contributed by atoms with Crippen molar-refractivity contribution in [1.29, 1.82) is 0 Å². The molecule has 0 spiro atoms. The van der Waals surface area contributed by atoms with Crippen LogP contribution in [0.25, 0.3) is 0 Å². The molecule has 22 heavy (non-hydrogen) atoms. The first-order valence-electron chi connectivity index (χ1n) is 7.50. The Kier molecular flexibility index (Phi) is 5.78. The van der Waals surface area contributed by atoms with E-state index in [1.54, 1.807) is 33.5 Å². The van der Waals surface area contributed by atoms with E-state index in [1.807, 2.05) is 6.92 Å². The Balaban J connectivity index is 3.71. The molecule has 1 aliphatic heterocycles. The van der Waals surface area contributed by atoms with Gasteiger partial charge in [-0.1, -0.05) is 25.5 Å². The topological polar surface area (TPSA) is 106 Å². The van der Waals surface area contributed by atoms with Crippen LogP contribution < -0.4 is 17.2 Å². The van der Waals surface area contributed by atoms with Gasteiger partial charge in [-0.15, -0.1) is 13.2 Å². The maximum atomic E-state index is 6.62. The summed E-state index contributed by atoms with van der Waals surface area (Å²) in [5.74, 6) is -0.216. The monoisotopic (exact) mass is 329 g/mol. The number of methoxy groups -OCH3 is 1. The lowest BCUT2D eigenvalue weighted by atomic mass is 9.71. The number of hydrogen-bond acceptors (Lipinski definition) is 6. The van der Waals surface area contributed by atoms with Gasteiger partial charge < -0.3 is 30.8 Å². The summed E-state index contributed by atoms with van der Waals surface area (Å²) in [6.45, 7) is 9.77. The summed E-state index contributed by atoms with van der Waals surface area (Å²) in [7, 11) is 1.89. The second-order valence-corrected chi connectivity index (χ2v) is 9.53. The van der Waals surface area contributed by atoms with Crippen LogP contribution >= 0.6 is 0 Å². The van der Waals surface area contributed by atoms with Gasteiger partial charge in [0, 0.05) is 33.3 Å². The van der Waals surface area contributed by atoms with Gasteiger partial charge in [0.05, 0.1) is 5.54 Å². The van der Waals surface area contributed by atoms with Gasteiger partial charge in [0.25, 0.3) is 0 Å². The van der Waals surface area contributed by atoms with Crippen molar-refractivity contribution >= 4 is 8.56 Å². The largest absolute Gasteiger partial charge is 0.396 e. The molecule has 6 N–H and O–H groups in total. The van der Waals surface area contributed by atoms with Crippen molar-refractivity contribution in [1.82, 2.24) is 0 Å². The normalized spacial score (nSPS) is 36.8. The van der Waals surface area contributed by atoms with Gasteiger partial charge in [0.2, 0.25) is 0 Å². The molecule has 3 unspecified atom stereocenters. The smallest absolute Gasteiger partial charge is 0.374 e. The SMILES string of the molecule is C=CC1C[Si](OC)(OC)C(CCC)(OC)C(N)(N)C1(N)C=C. The molecule has 0 aromatic rings. The Hall–Kier alpha value is -0.543. The Morgan fingerprint density at radius 1 is 1.18 bits per heavy atom. The molecule has 1 heterocycles. The van der Waals surface area contributed by atoms with E-state index in [4.69, 9.17) is 30.8 Å². The van der Waals surface area contributed by atoms with Crippen LogP contribution in [0.15, 0.2) is 25.3 Å². The van der Waals surface area contributed by atoms with E-state index < -0.39 is 25.0 Å².